The predicted octanol–water partition coefficient (Wildman–Crippen LogP) is 2.96. The van der Waals surface area contributed by atoms with Gasteiger partial charge in [0.05, 0.1) is 0 Å². The van der Waals surface area contributed by atoms with Gasteiger partial charge in [0, 0.05) is 44.5 Å². The number of nitrogens with one attached hydrogen (secondary N) is 1. The first-order valence-electron chi connectivity index (χ1n) is 9.32. The van der Waals surface area contributed by atoms with E-state index < -0.39 is 0 Å². The molecule has 5 heteroatoms. The molecule has 0 radical (unpaired) electrons. The standard InChI is InChI=1S/C20H28N4O/c1-3-23(4-2)20(25)18(16-9-6-5-7-10-16)22-15-17-11-8-13-24-14-12-21-19(17)24/h5-7,9-10,12,14,17-18,22H,3-4,8,11,13,15H2,1-2H3/t17-,18-/m0/s1. The van der Waals surface area contributed by atoms with Gasteiger partial charge in [-0.3, -0.25) is 4.79 Å². The van der Waals surface area contributed by atoms with Gasteiger partial charge >= 0.3 is 0 Å². The van der Waals surface area contributed by atoms with E-state index >= 15 is 0 Å². The van der Waals surface area contributed by atoms with E-state index in [9.17, 15) is 4.79 Å². The Kier molecular flexibility index (Phi) is 5.87. The smallest absolute Gasteiger partial charge is 0.244 e. The highest BCUT2D eigenvalue weighted by molar-refractivity contribution is 5.83. The number of hydrogen-bond acceptors (Lipinski definition) is 3. The summed E-state index contributed by atoms with van der Waals surface area (Å²) in [4.78, 5) is 19.4. The van der Waals surface area contributed by atoms with Crippen molar-refractivity contribution in [3.05, 3.63) is 54.1 Å². The highest BCUT2D eigenvalue weighted by Gasteiger charge is 2.27. The Bertz CT molecular complexity index is 678. The summed E-state index contributed by atoms with van der Waals surface area (Å²) in [5, 5.41) is 3.54. The third kappa shape index (κ3) is 3.93. The molecule has 0 bridgehead atoms. The van der Waals surface area contributed by atoms with Gasteiger partial charge in [0.2, 0.25) is 5.91 Å². The Morgan fingerprint density at radius 3 is 2.80 bits per heavy atom. The first-order chi connectivity index (χ1) is 12.2. The molecule has 0 fully saturated rings. The fraction of sp³-hybridized carbons (Fsp3) is 0.500. The Labute approximate surface area is 150 Å². The van der Waals surface area contributed by atoms with Crippen LogP contribution in [-0.2, 0) is 11.3 Å². The summed E-state index contributed by atoms with van der Waals surface area (Å²) in [6.07, 6.45) is 6.21. The Morgan fingerprint density at radius 1 is 1.32 bits per heavy atom. The van der Waals surface area contributed by atoms with Crippen molar-refractivity contribution in [2.75, 3.05) is 19.6 Å². The fourth-order valence-electron chi connectivity index (χ4n) is 3.67. The van der Waals surface area contributed by atoms with Crippen LogP contribution in [0, 0.1) is 0 Å². The van der Waals surface area contributed by atoms with Crippen LogP contribution in [0.2, 0.25) is 0 Å². The maximum atomic E-state index is 13.0. The Morgan fingerprint density at radius 2 is 2.08 bits per heavy atom. The molecule has 25 heavy (non-hydrogen) atoms. The van der Waals surface area contributed by atoms with Gasteiger partial charge in [-0.1, -0.05) is 30.3 Å². The fourth-order valence-corrected chi connectivity index (χ4v) is 3.67. The number of fused-ring (bicyclic) bond motifs is 1. The maximum absolute atomic E-state index is 13.0. The van der Waals surface area contributed by atoms with Gasteiger partial charge in [0.15, 0.2) is 0 Å². The molecule has 0 saturated carbocycles. The molecule has 134 valence electrons. The van der Waals surface area contributed by atoms with Crippen molar-refractivity contribution in [1.82, 2.24) is 19.8 Å². The van der Waals surface area contributed by atoms with E-state index in [4.69, 9.17) is 0 Å². The van der Waals surface area contributed by atoms with Crippen molar-refractivity contribution in [1.29, 1.82) is 0 Å². The lowest BCUT2D eigenvalue weighted by Gasteiger charge is -2.29. The minimum absolute atomic E-state index is 0.148. The number of likely N-dealkylation sites (N-methyl/N-ethyl adjacent to an activating group) is 1. The number of carbonyl (C=O) groups is 1. The van der Waals surface area contributed by atoms with Crippen LogP contribution in [0.5, 0.6) is 0 Å². The lowest BCUT2D eigenvalue weighted by Crippen LogP contribution is -2.42. The highest BCUT2D eigenvalue weighted by atomic mass is 16.2. The molecule has 1 N–H and O–H groups in total. The van der Waals surface area contributed by atoms with E-state index in [1.165, 1.54) is 0 Å². The third-order valence-corrected chi connectivity index (χ3v) is 5.09. The van der Waals surface area contributed by atoms with Crippen LogP contribution in [0.3, 0.4) is 0 Å². The van der Waals surface area contributed by atoms with Gasteiger partial charge in [-0.25, -0.2) is 4.98 Å². The van der Waals surface area contributed by atoms with E-state index in [1.807, 2.05) is 55.3 Å². The minimum Gasteiger partial charge on any atom is -0.342 e. The number of aromatic nitrogens is 2. The van der Waals surface area contributed by atoms with Crippen molar-refractivity contribution in [3.63, 3.8) is 0 Å². The second-order valence-electron chi connectivity index (χ2n) is 6.58. The molecule has 1 aliphatic heterocycles. The van der Waals surface area contributed by atoms with Crippen LogP contribution in [0.1, 0.15) is 50.0 Å². The van der Waals surface area contributed by atoms with Crippen LogP contribution in [0.15, 0.2) is 42.7 Å². The Balaban J connectivity index is 1.76. The van der Waals surface area contributed by atoms with Crippen LogP contribution in [0.25, 0.3) is 0 Å². The van der Waals surface area contributed by atoms with Crippen LogP contribution >= 0.6 is 0 Å². The van der Waals surface area contributed by atoms with E-state index in [-0.39, 0.29) is 11.9 Å². The van der Waals surface area contributed by atoms with Crippen molar-refractivity contribution in [3.8, 4) is 0 Å². The summed E-state index contributed by atoms with van der Waals surface area (Å²) < 4.78 is 2.24. The average Bonchev–Trinajstić information content (AvgIpc) is 3.13. The van der Waals surface area contributed by atoms with Gasteiger partial charge in [0.1, 0.15) is 11.9 Å². The lowest BCUT2D eigenvalue weighted by molar-refractivity contribution is -0.133. The van der Waals surface area contributed by atoms with Crippen molar-refractivity contribution >= 4 is 5.91 Å². The summed E-state index contributed by atoms with van der Waals surface area (Å²) in [7, 11) is 0. The molecular weight excluding hydrogens is 312 g/mol. The van der Waals surface area contributed by atoms with Gasteiger partial charge < -0.3 is 14.8 Å². The number of imidazole rings is 1. The molecule has 0 saturated heterocycles. The third-order valence-electron chi connectivity index (χ3n) is 5.09. The number of carbonyl (C=O) groups excluding carboxylic acids is 1. The van der Waals surface area contributed by atoms with Crippen LogP contribution in [-0.4, -0.2) is 40.0 Å². The molecule has 0 spiro atoms. The predicted molar refractivity (Wildman–Crippen MR) is 99.3 cm³/mol. The monoisotopic (exact) mass is 340 g/mol. The SMILES string of the molecule is CCN(CC)C(=O)[C@@H](NC[C@@H]1CCCn2ccnc21)c1ccccc1. The van der Waals surface area contributed by atoms with E-state index in [0.717, 1.165) is 50.4 Å². The van der Waals surface area contributed by atoms with Gasteiger partial charge in [-0.15, -0.1) is 0 Å². The van der Waals surface area contributed by atoms with E-state index in [0.29, 0.717) is 5.92 Å². The first-order valence-corrected chi connectivity index (χ1v) is 9.32. The van der Waals surface area contributed by atoms with Crippen molar-refractivity contribution in [2.24, 2.45) is 0 Å². The molecule has 5 nitrogen and oxygen atoms in total. The summed E-state index contributed by atoms with van der Waals surface area (Å²) in [5.74, 6) is 1.65. The Hall–Kier alpha value is -2.14. The molecule has 1 aromatic carbocycles. The molecule has 2 heterocycles. The second kappa shape index (κ2) is 8.30. The maximum Gasteiger partial charge on any atom is 0.244 e. The van der Waals surface area contributed by atoms with Gasteiger partial charge in [-0.05, 0) is 32.3 Å². The summed E-state index contributed by atoms with van der Waals surface area (Å²) in [5.41, 5.74) is 1.03. The van der Waals surface area contributed by atoms with E-state index in [1.54, 1.807) is 0 Å². The number of nitrogens with zero attached hydrogens (tertiary/aromatic N) is 3. The molecule has 1 aliphatic rings. The van der Waals surface area contributed by atoms with Crippen LogP contribution in [0.4, 0.5) is 0 Å². The first kappa shape index (κ1) is 17.7. The highest BCUT2D eigenvalue weighted by Crippen LogP contribution is 2.26. The molecule has 2 atom stereocenters. The van der Waals surface area contributed by atoms with Crippen LogP contribution < -0.4 is 5.32 Å². The van der Waals surface area contributed by atoms with E-state index in [2.05, 4.69) is 21.1 Å². The summed E-state index contributed by atoms with van der Waals surface area (Å²) >= 11 is 0. The summed E-state index contributed by atoms with van der Waals surface area (Å²) in [6.45, 7) is 7.33. The molecular formula is C20H28N4O. The molecule has 0 unspecified atom stereocenters. The average molecular weight is 340 g/mol. The quantitative estimate of drug-likeness (QED) is 0.843. The number of amides is 1. The zero-order valence-electron chi connectivity index (χ0n) is 15.2. The molecule has 1 aromatic heterocycles. The second-order valence-corrected chi connectivity index (χ2v) is 6.58. The van der Waals surface area contributed by atoms with Gasteiger partial charge in [0.25, 0.3) is 0 Å². The summed E-state index contributed by atoms with van der Waals surface area (Å²) in [6, 6.07) is 9.73. The normalized spacial score (nSPS) is 17.8. The lowest BCUT2D eigenvalue weighted by atomic mass is 9.97. The minimum atomic E-state index is -0.300. The number of aryl methyl sites for hydroxylation is 1. The van der Waals surface area contributed by atoms with Crippen molar-refractivity contribution in [2.45, 2.75) is 45.2 Å². The zero-order valence-corrected chi connectivity index (χ0v) is 15.2. The van der Waals surface area contributed by atoms with Gasteiger partial charge in [-0.2, -0.15) is 0 Å². The topological polar surface area (TPSA) is 50.2 Å². The number of hydrogen-bond donors (Lipinski definition) is 1. The molecule has 1 amide bonds. The van der Waals surface area contributed by atoms with Crippen molar-refractivity contribution < 1.29 is 4.79 Å². The number of benzene rings is 1. The molecule has 3 rings (SSSR count). The zero-order chi connectivity index (χ0) is 17.6. The molecule has 0 aliphatic carbocycles. The number of rotatable bonds is 7. The largest absolute Gasteiger partial charge is 0.342 e. The molecule has 2 aromatic rings.